The van der Waals surface area contributed by atoms with Gasteiger partial charge in [-0.15, -0.1) is 0 Å². The number of amides is 1. The molecular weight excluding hydrogens is 580 g/mol. The molecule has 9 atom stereocenters. The first-order valence-corrected chi connectivity index (χ1v) is 17.3. The number of benzene rings is 1. The number of anilines is 1. The van der Waals surface area contributed by atoms with Gasteiger partial charge in [0.25, 0.3) is 5.69 Å². The van der Waals surface area contributed by atoms with Gasteiger partial charge in [-0.25, -0.2) is 0 Å². The van der Waals surface area contributed by atoms with Gasteiger partial charge in [0.2, 0.25) is 5.91 Å². The molecule has 5 aliphatic rings. The Hall–Kier alpha value is -3.03. The van der Waals surface area contributed by atoms with Crippen molar-refractivity contribution in [2.24, 2.45) is 50.2 Å². The first-order chi connectivity index (χ1) is 21.3. The van der Waals surface area contributed by atoms with Crippen LogP contribution in [0, 0.1) is 60.4 Å². The van der Waals surface area contributed by atoms with E-state index >= 15 is 0 Å². The number of esters is 1. The molecule has 0 heterocycles. The monoisotopic (exact) mass is 632 g/mol. The number of nitrogens with zero attached hydrogens (tertiary/aromatic N) is 1. The minimum atomic E-state index is -0.630. The van der Waals surface area contributed by atoms with Crippen molar-refractivity contribution in [1.29, 1.82) is 0 Å². The molecule has 1 amide bonds. The average Bonchev–Trinajstić information content (AvgIpc) is 2.96. The van der Waals surface area contributed by atoms with Crippen LogP contribution in [0.4, 0.5) is 11.4 Å². The SMILES string of the molecule is CC(=O)O[C@@H]1CC[C@]2(C)[C@H](CC[C@]3(C)[C@@H]2C(=O)C=C2[C@@H]4C[C@](C)(C(=O)Nc5ccc([N+](=O)[O-])cc5)CC[C@@]4(C)CC[C@@]23C)C1(C)C. The Labute approximate surface area is 273 Å². The van der Waals surface area contributed by atoms with Crippen molar-refractivity contribution in [2.75, 3.05) is 5.32 Å². The molecule has 0 spiro atoms. The maximum absolute atomic E-state index is 14.7. The number of allylic oxidation sites excluding steroid dienone is 2. The molecule has 4 saturated carbocycles. The summed E-state index contributed by atoms with van der Waals surface area (Å²) in [5.74, 6) is 0.236. The number of nitro benzene ring substituents is 1. The Morgan fingerprint density at radius 1 is 0.913 bits per heavy atom. The van der Waals surface area contributed by atoms with Gasteiger partial charge in [0.15, 0.2) is 5.78 Å². The lowest BCUT2D eigenvalue weighted by Gasteiger charge is -2.70. The summed E-state index contributed by atoms with van der Waals surface area (Å²) in [6.07, 6.45) is 9.95. The van der Waals surface area contributed by atoms with E-state index in [2.05, 4.69) is 46.9 Å². The predicted molar refractivity (Wildman–Crippen MR) is 177 cm³/mol. The zero-order valence-electron chi connectivity index (χ0n) is 29.0. The van der Waals surface area contributed by atoms with Gasteiger partial charge >= 0.3 is 5.97 Å². The molecule has 1 N–H and O–H groups in total. The fourth-order valence-electron chi connectivity index (χ4n) is 11.7. The fraction of sp³-hybridized carbons (Fsp3) is 0.711. The molecule has 0 aromatic heterocycles. The molecule has 250 valence electrons. The normalized spacial score (nSPS) is 42.7. The molecule has 46 heavy (non-hydrogen) atoms. The lowest BCUT2D eigenvalue weighted by atomic mass is 9.33. The van der Waals surface area contributed by atoms with Gasteiger partial charge in [-0.2, -0.15) is 0 Å². The topological polar surface area (TPSA) is 116 Å². The highest BCUT2D eigenvalue weighted by Crippen LogP contribution is 2.75. The van der Waals surface area contributed by atoms with E-state index in [1.54, 1.807) is 12.1 Å². The lowest BCUT2D eigenvalue weighted by molar-refractivity contribution is -0.384. The fourth-order valence-corrected chi connectivity index (χ4v) is 11.7. The number of nitrogens with one attached hydrogen (secondary N) is 1. The molecule has 8 heteroatoms. The van der Waals surface area contributed by atoms with Gasteiger partial charge in [0.05, 0.1) is 4.92 Å². The highest BCUT2D eigenvalue weighted by molar-refractivity contribution is 5.97. The molecule has 1 aromatic carbocycles. The Kier molecular flexibility index (Phi) is 7.50. The Bertz CT molecular complexity index is 1520. The van der Waals surface area contributed by atoms with Crippen LogP contribution in [0.3, 0.4) is 0 Å². The van der Waals surface area contributed by atoms with Crippen LogP contribution in [-0.2, 0) is 19.1 Å². The van der Waals surface area contributed by atoms with Gasteiger partial charge in [0.1, 0.15) is 6.10 Å². The van der Waals surface area contributed by atoms with E-state index in [4.69, 9.17) is 4.74 Å². The molecule has 5 aliphatic carbocycles. The number of carbonyl (C=O) groups excluding carboxylic acids is 3. The van der Waals surface area contributed by atoms with E-state index in [-0.39, 0.29) is 74.3 Å². The third-order valence-electron chi connectivity index (χ3n) is 14.7. The largest absolute Gasteiger partial charge is 0.462 e. The predicted octanol–water partition coefficient (Wildman–Crippen LogP) is 8.45. The lowest BCUT2D eigenvalue weighted by Crippen LogP contribution is -2.66. The van der Waals surface area contributed by atoms with Gasteiger partial charge < -0.3 is 10.1 Å². The van der Waals surface area contributed by atoms with Crippen LogP contribution in [0.25, 0.3) is 0 Å². The van der Waals surface area contributed by atoms with Crippen LogP contribution in [0.2, 0.25) is 0 Å². The number of non-ortho nitro benzene ring substituents is 1. The molecule has 0 bridgehead atoms. The first-order valence-electron chi connectivity index (χ1n) is 17.3. The number of carbonyl (C=O) groups is 3. The van der Waals surface area contributed by atoms with Crippen LogP contribution in [0.1, 0.15) is 113 Å². The van der Waals surface area contributed by atoms with Crippen LogP contribution >= 0.6 is 0 Å². The van der Waals surface area contributed by atoms with E-state index in [1.807, 2.05) is 13.0 Å². The molecule has 4 fully saturated rings. The first kappa shape index (κ1) is 32.9. The van der Waals surface area contributed by atoms with E-state index < -0.39 is 10.3 Å². The number of rotatable bonds is 4. The number of ether oxygens (including phenoxy) is 1. The van der Waals surface area contributed by atoms with Crippen molar-refractivity contribution < 1.29 is 24.0 Å². The second-order valence-electron chi connectivity index (χ2n) is 17.5. The third-order valence-corrected chi connectivity index (χ3v) is 14.7. The van der Waals surface area contributed by atoms with Crippen LogP contribution in [0.15, 0.2) is 35.9 Å². The van der Waals surface area contributed by atoms with Crippen LogP contribution < -0.4 is 5.32 Å². The molecule has 0 aliphatic heterocycles. The maximum Gasteiger partial charge on any atom is 0.302 e. The van der Waals surface area contributed by atoms with Crippen molar-refractivity contribution in [3.8, 4) is 0 Å². The highest BCUT2D eigenvalue weighted by atomic mass is 16.6. The number of nitro groups is 1. The quantitative estimate of drug-likeness (QED) is 0.202. The molecule has 8 nitrogen and oxygen atoms in total. The number of hydrogen-bond donors (Lipinski definition) is 1. The Balaban J connectivity index is 1.32. The second-order valence-corrected chi connectivity index (χ2v) is 17.5. The highest BCUT2D eigenvalue weighted by Gasteiger charge is 2.70. The zero-order chi connectivity index (χ0) is 33.7. The van der Waals surface area contributed by atoms with Crippen LogP contribution in [-0.4, -0.2) is 28.7 Å². The minimum absolute atomic E-state index is 0.0104. The van der Waals surface area contributed by atoms with E-state index in [1.165, 1.54) is 24.6 Å². The summed E-state index contributed by atoms with van der Waals surface area (Å²) < 4.78 is 5.86. The van der Waals surface area contributed by atoms with Gasteiger partial charge in [-0.1, -0.05) is 54.0 Å². The van der Waals surface area contributed by atoms with Gasteiger partial charge in [-0.3, -0.25) is 24.5 Å². The van der Waals surface area contributed by atoms with Crippen molar-refractivity contribution in [1.82, 2.24) is 0 Å². The third kappa shape index (κ3) is 4.62. The number of hydrogen-bond acceptors (Lipinski definition) is 6. The second kappa shape index (κ2) is 10.5. The van der Waals surface area contributed by atoms with Crippen LogP contribution in [0.5, 0.6) is 0 Å². The summed E-state index contributed by atoms with van der Waals surface area (Å²) in [6, 6.07) is 6.00. The maximum atomic E-state index is 14.7. The van der Waals surface area contributed by atoms with E-state index in [0.29, 0.717) is 12.1 Å². The summed E-state index contributed by atoms with van der Waals surface area (Å²) in [5, 5.41) is 14.2. The molecule has 0 saturated heterocycles. The minimum Gasteiger partial charge on any atom is -0.462 e. The van der Waals surface area contributed by atoms with E-state index in [0.717, 1.165) is 51.4 Å². The summed E-state index contributed by atoms with van der Waals surface area (Å²) in [4.78, 5) is 51.2. The average molecular weight is 633 g/mol. The Morgan fingerprint density at radius 3 is 2.20 bits per heavy atom. The number of fused-ring (bicyclic) bond motifs is 7. The summed E-state index contributed by atoms with van der Waals surface area (Å²) in [6.45, 7) is 17.5. The van der Waals surface area contributed by atoms with Crippen molar-refractivity contribution in [3.63, 3.8) is 0 Å². The van der Waals surface area contributed by atoms with Gasteiger partial charge in [-0.05, 0) is 109 Å². The molecule has 6 rings (SSSR count). The smallest absolute Gasteiger partial charge is 0.302 e. The van der Waals surface area contributed by atoms with Gasteiger partial charge in [0, 0.05) is 41.5 Å². The van der Waals surface area contributed by atoms with Crippen molar-refractivity contribution in [2.45, 2.75) is 119 Å². The molecule has 0 radical (unpaired) electrons. The van der Waals surface area contributed by atoms with Crippen molar-refractivity contribution >= 4 is 29.0 Å². The Morgan fingerprint density at radius 2 is 1.57 bits per heavy atom. The molecule has 1 aromatic rings. The number of ketones is 1. The molecule has 0 unspecified atom stereocenters. The standard InChI is InChI=1S/C38H52N2O6/c1-23(41)46-30-14-15-36(6)29(33(30,2)3)13-16-38(8)31(36)28(42)21-26-27-22-35(5,18-17-34(27,4)19-20-37(26,38)7)32(43)39-24-9-11-25(12-10-24)40(44)45/h9-12,21,27,29-31H,13-20,22H2,1-8H3,(H,39,43)/t27-,29+,30+,31+,34-,35+,36+,37-,38+/m0/s1. The van der Waals surface area contributed by atoms with E-state index in [9.17, 15) is 24.5 Å². The summed E-state index contributed by atoms with van der Waals surface area (Å²) >= 11 is 0. The van der Waals surface area contributed by atoms with Crippen molar-refractivity contribution in [3.05, 3.63) is 46.0 Å². The summed E-state index contributed by atoms with van der Waals surface area (Å²) in [7, 11) is 0. The zero-order valence-corrected chi connectivity index (χ0v) is 29.0. The summed E-state index contributed by atoms with van der Waals surface area (Å²) in [5.41, 5.74) is 0.408. The molecular formula is C38H52N2O6.